The van der Waals surface area contributed by atoms with Crippen molar-refractivity contribution >= 4 is 41.4 Å². The van der Waals surface area contributed by atoms with Gasteiger partial charge in [-0.1, -0.05) is 23.2 Å². The van der Waals surface area contributed by atoms with Crippen LogP contribution in [0.5, 0.6) is 0 Å². The van der Waals surface area contributed by atoms with E-state index >= 15 is 0 Å². The van der Waals surface area contributed by atoms with Crippen molar-refractivity contribution in [3.8, 4) is 0 Å². The van der Waals surface area contributed by atoms with E-state index in [0.717, 1.165) is 0 Å². The average Bonchev–Trinajstić information content (AvgIpc) is 2.31. The molecule has 1 aromatic rings. The van der Waals surface area contributed by atoms with Crippen LogP contribution in [0.25, 0.3) is 0 Å². The lowest BCUT2D eigenvalue weighted by molar-refractivity contribution is -0.140. The molecule has 0 aliphatic heterocycles. The average molecular weight is 290 g/mol. The van der Waals surface area contributed by atoms with Gasteiger partial charge in [0.05, 0.1) is 10.0 Å². The predicted octanol–water partition coefficient (Wildman–Crippen LogP) is 1.77. The van der Waals surface area contributed by atoms with Crippen molar-refractivity contribution in [1.29, 1.82) is 0 Å². The number of amides is 1. The van der Waals surface area contributed by atoms with Gasteiger partial charge in [-0.05, 0) is 18.2 Å². The molecule has 18 heavy (non-hydrogen) atoms. The number of hydrogen-bond acceptors (Lipinski definition) is 3. The number of nitrogens with one attached hydrogen (secondary N) is 1. The van der Waals surface area contributed by atoms with Gasteiger partial charge >= 0.3 is 5.97 Å². The zero-order valence-electron chi connectivity index (χ0n) is 9.02. The van der Waals surface area contributed by atoms with Crippen molar-refractivity contribution in [3.05, 3.63) is 33.8 Å². The molecule has 2 N–H and O–H groups in total. The highest BCUT2D eigenvalue weighted by atomic mass is 35.5. The predicted molar refractivity (Wildman–Crippen MR) is 66.0 cm³/mol. The van der Waals surface area contributed by atoms with Crippen LogP contribution in [0.2, 0.25) is 10.0 Å². The number of benzene rings is 1. The van der Waals surface area contributed by atoms with Crippen LogP contribution in [0.15, 0.2) is 18.2 Å². The summed E-state index contributed by atoms with van der Waals surface area (Å²) in [4.78, 5) is 32.7. The molecule has 1 aromatic carbocycles. The number of aliphatic carboxylic acids is 1. The van der Waals surface area contributed by atoms with Crippen LogP contribution in [0.4, 0.5) is 0 Å². The normalized spacial score (nSPS) is 11.7. The molecule has 1 unspecified atom stereocenters. The SMILES string of the molecule is O=CCC(NC(=O)c1ccc(Cl)c(Cl)c1)C(=O)O. The lowest BCUT2D eigenvalue weighted by atomic mass is 10.1. The maximum atomic E-state index is 11.7. The smallest absolute Gasteiger partial charge is 0.326 e. The fourth-order valence-corrected chi connectivity index (χ4v) is 1.49. The zero-order chi connectivity index (χ0) is 13.7. The van der Waals surface area contributed by atoms with Crippen molar-refractivity contribution < 1.29 is 19.5 Å². The van der Waals surface area contributed by atoms with E-state index in [1.54, 1.807) is 0 Å². The number of carboxylic acid groups (broad SMARTS) is 1. The fourth-order valence-electron chi connectivity index (χ4n) is 1.20. The Kier molecular flexibility index (Phi) is 5.12. The molecule has 1 rings (SSSR count). The molecular weight excluding hydrogens is 281 g/mol. The van der Waals surface area contributed by atoms with Crippen molar-refractivity contribution in [2.24, 2.45) is 0 Å². The summed E-state index contributed by atoms with van der Waals surface area (Å²) in [6.07, 6.45) is 0.121. The molecule has 96 valence electrons. The van der Waals surface area contributed by atoms with Gasteiger partial charge in [0.25, 0.3) is 5.91 Å². The molecule has 0 spiro atoms. The van der Waals surface area contributed by atoms with Gasteiger partial charge in [0, 0.05) is 12.0 Å². The van der Waals surface area contributed by atoms with Crippen LogP contribution in [-0.4, -0.2) is 29.3 Å². The topological polar surface area (TPSA) is 83.5 Å². The van der Waals surface area contributed by atoms with Crippen molar-refractivity contribution in [3.63, 3.8) is 0 Å². The molecule has 5 nitrogen and oxygen atoms in total. The minimum atomic E-state index is -1.28. The van der Waals surface area contributed by atoms with Gasteiger partial charge in [0.15, 0.2) is 0 Å². The first-order chi connectivity index (χ1) is 8.45. The summed E-state index contributed by atoms with van der Waals surface area (Å²) in [5, 5.41) is 11.5. The van der Waals surface area contributed by atoms with E-state index in [-0.39, 0.29) is 22.0 Å². The second-order valence-electron chi connectivity index (χ2n) is 3.40. The molecule has 0 saturated heterocycles. The molecule has 0 heterocycles. The molecule has 0 fully saturated rings. The monoisotopic (exact) mass is 289 g/mol. The van der Waals surface area contributed by atoms with E-state index in [2.05, 4.69) is 5.32 Å². The van der Waals surface area contributed by atoms with Crippen LogP contribution in [0.3, 0.4) is 0 Å². The molecular formula is C11H9Cl2NO4. The van der Waals surface area contributed by atoms with Gasteiger partial charge in [0.1, 0.15) is 12.3 Å². The number of halogens is 2. The van der Waals surface area contributed by atoms with Crippen LogP contribution >= 0.6 is 23.2 Å². The third kappa shape index (κ3) is 3.72. The summed E-state index contributed by atoms with van der Waals surface area (Å²) >= 11 is 11.4. The standard InChI is InChI=1S/C11H9Cl2NO4/c12-7-2-1-6(5-8(7)13)10(16)14-9(3-4-15)11(17)18/h1-2,4-5,9H,3H2,(H,14,16)(H,17,18). The Balaban J connectivity index is 2.83. The number of carbonyl (C=O) groups excluding carboxylic acids is 2. The van der Waals surface area contributed by atoms with Crippen LogP contribution < -0.4 is 5.32 Å². The van der Waals surface area contributed by atoms with E-state index in [9.17, 15) is 14.4 Å². The number of carbonyl (C=O) groups is 3. The van der Waals surface area contributed by atoms with Gasteiger partial charge in [-0.2, -0.15) is 0 Å². The van der Waals surface area contributed by atoms with Gasteiger partial charge in [-0.15, -0.1) is 0 Å². The molecule has 0 aliphatic carbocycles. The lowest BCUT2D eigenvalue weighted by Gasteiger charge is -2.11. The largest absolute Gasteiger partial charge is 0.480 e. The highest BCUT2D eigenvalue weighted by molar-refractivity contribution is 6.42. The number of hydrogen-bond donors (Lipinski definition) is 2. The Labute approximate surface area is 113 Å². The zero-order valence-corrected chi connectivity index (χ0v) is 10.5. The second-order valence-corrected chi connectivity index (χ2v) is 4.21. The summed E-state index contributed by atoms with van der Waals surface area (Å²) in [6.45, 7) is 0. The molecule has 1 amide bonds. The molecule has 0 radical (unpaired) electrons. The summed E-state index contributed by atoms with van der Waals surface area (Å²) < 4.78 is 0. The quantitative estimate of drug-likeness (QED) is 0.809. The molecule has 0 aromatic heterocycles. The van der Waals surface area contributed by atoms with Crippen LogP contribution in [0.1, 0.15) is 16.8 Å². The number of aldehydes is 1. The Morgan fingerprint density at radius 3 is 2.50 bits per heavy atom. The molecule has 0 saturated carbocycles. The Hall–Kier alpha value is -1.59. The van der Waals surface area contributed by atoms with Gasteiger partial charge in [-0.25, -0.2) is 4.79 Å². The molecule has 1 atom stereocenters. The first-order valence-corrected chi connectivity index (χ1v) is 5.63. The van der Waals surface area contributed by atoms with E-state index in [4.69, 9.17) is 28.3 Å². The first-order valence-electron chi connectivity index (χ1n) is 4.88. The second kappa shape index (κ2) is 6.37. The fraction of sp³-hybridized carbons (Fsp3) is 0.182. The van der Waals surface area contributed by atoms with Gasteiger partial charge in [-0.3, -0.25) is 4.79 Å². The Morgan fingerprint density at radius 1 is 1.33 bits per heavy atom. The summed E-state index contributed by atoms with van der Waals surface area (Å²) in [6, 6.07) is 2.89. The van der Waals surface area contributed by atoms with Crippen LogP contribution in [-0.2, 0) is 9.59 Å². The summed E-state index contributed by atoms with van der Waals surface area (Å²) in [7, 11) is 0. The molecule has 7 heteroatoms. The summed E-state index contributed by atoms with van der Waals surface area (Å²) in [5.74, 6) is -1.92. The highest BCUT2D eigenvalue weighted by Crippen LogP contribution is 2.22. The molecule has 0 aliphatic rings. The Morgan fingerprint density at radius 2 is 2.00 bits per heavy atom. The Bertz CT molecular complexity index is 490. The number of rotatable bonds is 5. The lowest BCUT2D eigenvalue weighted by Crippen LogP contribution is -2.41. The number of carboxylic acids is 1. The maximum absolute atomic E-state index is 11.7. The minimum absolute atomic E-state index is 0.168. The third-order valence-corrected chi connectivity index (χ3v) is 2.86. The maximum Gasteiger partial charge on any atom is 0.326 e. The molecule has 0 bridgehead atoms. The highest BCUT2D eigenvalue weighted by Gasteiger charge is 2.20. The van der Waals surface area contributed by atoms with Crippen molar-refractivity contribution in [1.82, 2.24) is 5.32 Å². The van der Waals surface area contributed by atoms with Gasteiger partial charge in [0.2, 0.25) is 0 Å². The summed E-state index contributed by atoms with van der Waals surface area (Å²) in [5.41, 5.74) is 0.168. The van der Waals surface area contributed by atoms with Crippen molar-refractivity contribution in [2.75, 3.05) is 0 Å². The van der Waals surface area contributed by atoms with Crippen molar-refractivity contribution in [2.45, 2.75) is 12.5 Å². The third-order valence-electron chi connectivity index (χ3n) is 2.12. The van der Waals surface area contributed by atoms with Crippen LogP contribution in [0, 0.1) is 0 Å². The van der Waals surface area contributed by atoms with E-state index in [0.29, 0.717) is 6.29 Å². The van der Waals surface area contributed by atoms with E-state index in [1.165, 1.54) is 18.2 Å². The van der Waals surface area contributed by atoms with E-state index in [1.807, 2.05) is 0 Å². The van der Waals surface area contributed by atoms with E-state index < -0.39 is 17.9 Å². The first kappa shape index (κ1) is 14.5. The minimum Gasteiger partial charge on any atom is -0.480 e. The van der Waals surface area contributed by atoms with Gasteiger partial charge < -0.3 is 15.2 Å².